The van der Waals surface area contributed by atoms with E-state index in [1.165, 1.54) is 12.8 Å². The van der Waals surface area contributed by atoms with Gasteiger partial charge in [0.25, 0.3) is 5.91 Å². The summed E-state index contributed by atoms with van der Waals surface area (Å²) in [6, 6.07) is 15.4. The zero-order valence-electron chi connectivity index (χ0n) is 20.1. The van der Waals surface area contributed by atoms with E-state index in [1.54, 1.807) is 23.2 Å². The number of amides is 2. The minimum atomic E-state index is -0.206. The Kier molecular flexibility index (Phi) is 7.09. The molecule has 0 radical (unpaired) electrons. The third-order valence-corrected chi connectivity index (χ3v) is 7.67. The molecule has 3 aromatic rings. The molecule has 1 N–H and O–H groups in total. The van der Waals surface area contributed by atoms with Gasteiger partial charge in [-0.3, -0.25) is 19.4 Å². The zero-order valence-corrected chi connectivity index (χ0v) is 20.9. The van der Waals surface area contributed by atoms with Crippen LogP contribution in [0.4, 0.5) is 5.69 Å². The van der Waals surface area contributed by atoms with Crippen LogP contribution in [0, 0.1) is 0 Å². The molecule has 0 atom stereocenters. The van der Waals surface area contributed by atoms with Crippen LogP contribution in [0.25, 0.3) is 10.9 Å². The van der Waals surface area contributed by atoms with Gasteiger partial charge >= 0.3 is 0 Å². The summed E-state index contributed by atoms with van der Waals surface area (Å²) < 4.78 is 0. The minimum Gasteiger partial charge on any atom is -0.360 e. The Morgan fingerprint density at radius 1 is 1.00 bits per heavy atom. The maximum absolute atomic E-state index is 13.6. The molecule has 7 nitrogen and oxygen atoms in total. The minimum absolute atomic E-state index is 0.0145. The lowest BCUT2D eigenvalue weighted by Gasteiger charge is -2.42. The van der Waals surface area contributed by atoms with Crippen LogP contribution in [-0.4, -0.2) is 90.4 Å². The molecule has 3 heterocycles. The molecule has 35 heavy (non-hydrogen) atoms. The summed E-state index contributed by atoms with van der Waals surface area (Å²) in [5.74, 6) is -0.226. The van der Waals surface area contributed by atoms with Gasteiger partial charge in [0.05, 0.1) is 5.02 Å². The molecule has 184 valence electrons. The second-order valence-electron chi connectivity index (χ2n) is 9.58. The van der Waals surface area contributed by atoms with Crippen molar-refractivity contribution >= 4 is 40.0 Å². The van der Waals surface area contributed by atoms with Gasteiger partial charge in [-0.2, -0.15) is 0 Å². The number of fused-ring (bicyclic) bond motifs is 1. The van der Waals surface area contributed by atoms with E-state index in [-0.39, 0.29) is 18.4 Å². The van der Waals surface area contributed by atoms with Crippen LogP contribution in [0.3, 0.4) is 0 Å². The Bertz CT molecular complexity index is 1180. The molecule has 8 heteroatoms. The van der Waals surface area contributed by atoms with Gasteiger partial charge in [0.2, 0.25) is 5.91 Å². The lowest BCUT2D eigenvalue weighted by Crippen LogP contribution is -2.55. The number of nitrogens with zero attached hydrogens (tertiary/aromatic N) is 4. The number of carbonyl (C=O) groups is 2. The van der Waals surface area contributed by atoms with Crippen LogP contribution in [0.5, 0.6) is 0 Å². The Balaban J connectivity index is 1.28. The first kappa shape index (κ1) is 23.9. The van der Waals surface area contributed by atoms with Crippen LogP contribution in [0.2, 0.25) is 5.02 Å². The number of nitrogens with one attached hydrogen (secondary N) is 1. The molecule has 2 saturated heterocycles. The zero-order chi connectivity index (χ0) is 24.4. The van der Waals surface area contributed by atoms with Gasteiger partial charge < -0.3 is 14.8 Å². The number of anilines is 1. The average Bonchev–Trinajstić information content (AvgIpc) is 3.27. The van der Waals surface area contributed by atoms with Gasteiger partial charge in [0.1, 0.15) is 6.54 Å². The maximum atomic E-state index is 13.6. The molecule has 2 aromatic carbocycles. The lowest BCUT2D eigenvalue weighted by atomic mass is 10.0. The van der Waals surface area contributed by atoms with Gasteiger partial charge in [-0.15, -0.1) is 0 Å². The van der Waals surface area contributed by atoms with E-state index >= 15 is 0 Å². The van der Waals surface area contributed by atoms with E-state index in [0.717, 1.165) is 37.1 Å². The number of aromatic amines is 1. The normalized spacial score (nSPS) is 18.2. The van der Waals surface area contributed by atoms with Crippen LogP contribution in [0.1, 0.15) is 23.2 Å². The number of likely N-dealkylation sites (tertiary alicyclic amines) is 1. The van der Waals surface area contributed by atoms with Crippen molar-refractivity contribution in [3.05, 3.63) is 65.3 Å². The third kappa shape index (κ3) is 5.22. The van der Waals surface area contributed by atoms with E-state index in [4.69, 9.17) is 11.6 Å². The fraction of sp³-hybridized carbons (Fsp3) is 0.407. The number of benzene rings is 2. The molecule has 5 rings (SSSR count). The van der Waals surface area contributed by atoms with Crippen molar-refractivity contribution in [1.29, 1.82) is 0 Å². The Labute approximate surface area is 211 Å². The summed E-state index contributed by atoms with van der Waals surface area (Å²) in [6.07, 6.45) is 4.10. The number of piperidine rings is 1. The molecule has 0 aliphatic carbocycles. The number of halogens is 1. The van der Waals surface area contributed by atoms with Gasteiger partial charge in [-0.25, -0.2) is 0 Å². The highest BCUT2D eigenvalue weighted by atomic mass is 35.5. The largest absolute Gasteiger partial charge is 0.360 e. The predicted molar refractivity (Wildman–Crippen MR) is 140 cm³/mol. The van der Waals surface area contributed by atoms with E-state index in [9.17, 15) is 9.59 Å². The SMILES string of the molecule is CN1CCC(N2CCN(C(=O)CN(C(=O)c3ccc4c(Cl)c[nH]c4c3)c3ccccc3)CC2)CC1. The number of carbonyl (C=O) groups excluding carboxylic acids is 2. The van der Waals surface area contributed by atoms with Gasteiger partial charge in [-0.05, 0) is 57.2 Å². The van der Waals surface area contributed by atoms with Crippen molar-refractivity contribution in [3.8, 4) is 0 Å². The lowest BCUT2D eigenvalue weighted by molar-refractivity contribution is -0.131. The monoisotopic (exact) mass is 493 g/mol. The number of aromatic nitrogens is 1. The molecule has 2 aliphatic heterocycles. The van der Waals surface area contributed by atoms with Crippen LogP contribution < -0.4 is 4.90 Å². The van der Waals surface area contributed by atoms with Crippen molar-refractivity contribution in [1.82, 2.24) is 19.7 Å². The highest BCUT2D eigenvalue weighted by Gasteiger charge is 2.30. The van der Waals surface area contributed by atoms with Crippen LogP contribution in [0.15, 0.2) is 54.7 Å². The highest BCUT2D eigenvalue weighted by Crippen LogP contribution is 2.25. The molecular formula is C27H32ClN5O2. The quantitative estimate of drug-likeness (QED) is 0.588. The highest BCUT2D eigenvalue weighted by molar-refractivity contribution is 6.35. The molecule has 2 amide bonds. The molecule has 0 spiro atoms. The van der Waals surface area contributed by atoms with Crippen molar-refractivity contribution < 1.29 is 9.59 Å². The van der Waals surface area contributed by atoms with E-state index in [2.05, 4.69) is 21.8 Å². The van der Waals surface area contributed by atoms with Crippen molar-refractivity contribution in [2.75, 3.05) is 57.8 Å². The van der Waals surface area contributed by atoms with E-state index < -0.39 is 0 Å². The topological polar surface area (TPSA) is 62.9 Å². The van der Waals surface area contributed by atoms with Crippen molar-refractivity contribution in [3.63, 3.8) is 0 Å². The number of piperazine rings is 1. The Hall–Kier alpha value is -2.87. The summed E-state index contributed by atoms with van der Waals surface area (Å²) in [5, 5.41) is 1.49. The van der Waals surface area contributed by atoms with E-state index in [0.29, 0.717) is 35.4 Å². The second kappa shape index (κ2) is 10.4. The predicted octanol–water partition coefficient (Wildman–Crippen LogP) is 3.71. The molecule has 1 aromatic heterocycles. The summed E-state index contributed by atoms with van der Waals surface area (Å²) in [5.41, 5.74) is 2.02. The first-order chi connectivity index (χ1) is 17.0. The summed E-state index contributed by atoms with van der Waals surface area (Å²) in [4.78, 5) is 38.4. The average molecular weight is 494 g/mol. The molecule has 0 saturated carbocycles. The molecule has 0 unspecified atom stereocenters. The fourth-order valence-electron chi connectivity index (χ4n) is 5.20. The molecule has 0 bridgehead atoms. The first-order valence-corrected chi connectivity index (χ1v) is 12.7. The van der Waals surface area contributed by atoms with Crippen molar-refractivity contribution in [2.45, 2.75) is 18.9 Å². The van der Waals surface area contributed by atoms with Gasteiger partial charge in [0, 0.05) is 60.6 Å². The summed E-state index contributed by atoms with van der Waals surface area (Å²) in [7, 11) is 2.18. The Morgan fingerprint density at radius 2 is 1.71 bits per heavy atom. The number of rotatable bonds is 5. The second-order valence-corrected chi connectivity index (χ2v) is 9.98. The Morgan fingerprint density at radius 3 is 2.43 bits per heavy atom. The molecule has 2 fully saturated rings. The number of hydrogen-bond acceptors (Lipinski definition) is 4. The fourth-order valence-corrected chi connectivity index (χ4v) is 5.42. The first-order valence-electron chi connectivity index (χ1n) is 12.3. The molecule has 2 aliphatic rings. The van der Waals surface area contributed by atoms with Gasteiger partial charge in [0.15, 0.2) is 0 Å². The van der Waals surface area contributed by atoms with Crippen LogP contribution in [-0.2, 0) is 4.79 Å². The van der Waals surface area contributed by atoms with E-state index in [1.807, 2.05) is 41.3 Å². The number of para-hydroxylation sites is 1. The molecular weight excluding hydrogens is 462 g/mol. The smallest absolute Gasteiger partial charge is 0.258 e. The number of hydrogen-bond donors (Lipinski definition) is 1. The standard InChI is InChI=1S/C27H32ClN5O2/c1-30-11-9-21(10-12-30)31-13-15-32(16-14-31)26(34)19-33(22-5-3-2-4-6-22)27(35)20-7-8-23-24(28)18-29-25(23)17-20/h2-8,17-18,21,29H,9-16,19H2,1H3. The van der Waals surface area contributed by atoms with Crippen molar-refractivity contribution in [2.24, 2.45) is 0 Å². The number of H-pyrrole nitrogens is 1. The van der Waals surface area contributed by atoms with Gasteiger partial charge in [-0.1, -0.05) is 35.9 Å². The van der Waals surface area contributed by atoms with Crippen LogP contribution >= 0.6 is 11.6 Å². The maximum Gasteiger partial charge on any atom is 0.258 e. The summed E-state index contributed by atoms with van der Waals surface area (Å²) in [6.45, 7) is 5.48. The summed E-state index contributed by atoms with van der Waals surface area (Å²) >= 11 is 6.20. The third-order valence-electron chi connectivity index (χ3n) is 7.36.